The SMILES string of the molecule is CCC(N)Cc1cccc(F)c1N1CCCC(CC)CC1. The number of para-hydroxylation sites is 1. The van der Waals surface area contributed by atoms with Crippen molar-refractivity contribution >= 4 is 5.69 Å². The normalized spacial score (nSPS) is 21.1. The highest BCUT2D eigenvalue weighted by atomic mass is 19.1. The summed E-state index contributed by atoms with van der Waals surface area (Å²) in [6.07, 6.45) is 6.52. The molecule has 2 nitrogen and oxygen atoms in total. The molecule has 1 fully saturated rings. The summed E-state index contributed by atoms with van der Waals surface area (Å²) in [5, 5.41) is 0. The number of anilines is 1. The van der Waals surface area contributed by atoms with Crippen LogP contribution in [-0.4, -0.2) is 19.1 Å². The number of hydrogen-bond donors (Lipinski definition) is 1. The molecule has 0 spiro atoms. The summed E-state index contributed by atoms with van der Waals surface area (Å²) < 4.78 is 14.4. The van der Waals surface area contributed by atoms with Crippen LogP contribution >= 0.6 is 0 Å². The third-order valence-corrected chi connectivity index (χ3v) is 4.82. The average Bonchev–Trinajstić information content (AvgIpc) is 2.72. The monoisotopic (exact) mass is 292 g/mol. The van der Waals surface area contributed by atoms with Gasteiger partial charge < -0.3 is 10.6 Å². The van der Waals surface area contributed by atoms with Gasteiger partial charge in [0.1, 0.15) is 5.82 Å². The first-order valence-electron chi connectivity index (χ1n) is 8.43. The van der Waals surface area contributed by atoms with Crippen LogP contribution in [0, 0.1) is 11.7 Å². The lowest BCUT2D eigenvalue weighted by Gasteiger charge is -2.27. The maximum absolute atomic E-state index is 14.4. The molecule has 118 valence electrons. The molecule has 1 aliphatic rings. The van der Waals surface area contributed by atoms with Gasteiger partial charge in [0, 0.05) is 19.1 Å². The van der Waals surface area contributed by atoms with Crippen molar-refractivity contribution in [1.82, 2.24) is 0 Å². The van der Waals surface area contributed by atoms with Crippen molar-refractivity contribution in [2.45, 2.75) is 58.4 Å². The van der Waals surface area contributed by atoms with E-state index in [1.807, 2.05) is 12.1 Å². The van der Waals surface area contributed by atoms with Crippen LogP contribution in [0.1, 0.15) is 51.5 Å². The van der Waals surface area contributed by atoms with Crippen LogP contribution in [0.4, 0.5) is 10.1 Å². The quantitative estimate of drug-likeness (QED) is 0.884. The molecule has 0 amide bonds. The maximum atomic E-state index is 14.4. The van der Waals surface area contributed by atoms with E-state index in [-0.39, 0.29) is 11.9 Å². The molecule has 2 atom stereocenters. The molecule has 0 radical (unpaired) electrons. The molecule has 2 N–H and O–H groups in total. The van der Waals surface area contributed by atoms with Gasteiger partial charge in [-0.05, 0) is 49.7 Å². The number of rotatable bonds is 5. The Hall–Kier alpha value is -1.09. The molecular formula is C18H29FN2. The predicted octanol–water partition coefficient (Wildman–Crippen LogP) is 4.12. The number of halogens is 1. The van der Waals surface area contributed by atoms with E-state index in [9.17, 15) is 4.39 Å². The molecule has 0 aromatic heterocycles. The van der Waals surface area contributed by atoms with Crippen LogP contribution in [0.3, 0.4) is 0 Å². The van der Waals surface area contributed by atoms with Crippen molar-refractivity contribution in [3.63, 3.8) is 0 Å². The second-order valence-corrected chi connectivity index (χ2v) is 6.31. The lowest BCUT2D eigenvalue weighted by molar-refractivity contribution is 0.459. The van der Waals surface area contributed by atoms with Gasteiger partial charge in [-0.15, -0.1) is 0 Å². The zero-order chi connectivity index (χ0) is 15.2. The maximum Gasteiger partial charge on any atom is 0.146 e. The van der Waals surface area contributed by atoms with Gasteiger partial charge in [0.05, 0.1) is 5.69 Å². The summed E-state index contributed by atoms with van der Waals surface area (Å²) >= 11 is 0. The third-order valence-electron chi connectivity index (χ3n) is 4.82. The Kier molecular flexibility index (Phi) is 6.04. The number of hydrogen-bond acceptors (Lipinski definition) is 2. The highest BCUT2D eigenvalue weighted by Crippen LogP contribution is 2.30. The standard InChI is InChI=1S/C18H29FN2/c1-3-14-7-6-11-21(12-10-14)18-15(13-16(20)4-2)8-5-9-17(18)19/h5,8-9,14,16H,3-4,6-7,10-13,20H2,1-2H3. The molecule has 1 aliphatic heterocycles. The van der Waals surface area contributed by atoms with Crippen molar-refractivity contribution in [3.05, 3.63) is 29.6 Å². The summed E-state index contributed by atoms with van der Waals surface area (Å²) in [5.74, 6) is 0.703. The lowest BCUT2D eigenvalue weighted by atomic mass is 9.98. The number of nitrogens with two attached hydrogens (primary N) is 1. The molecule has 3 heteroatoms. The van der Waals surface area contributed by atoms with E-state index in [4.69, 9.17) is 5.73 Å². The van der Waals surface area contributed by atoms with Gasteiger partial charge in [0.15, 0.2) is 0 Å². The van der Waals surface area contributed by atoms with Gasteiger partial charge in [0.2, 0.25) is 0 Å². The largest absolute Gasteiger partial charge is 0.369 e. The summed E-state index contributed by atoms with van der Waals surface area (Å²) in [7, 11) is 0. The van der Waals surface area contributed by atoms with Crippen molar-refractivity contribution in [2.24, 2.45) is 11.7 Å². The van der Waals surface area contributed by atoms with E-state index in [0.29, 0.717) is 0 Å². The minimum absolute atomic E-state index is 0.0919. The van der Waals surface area contributed by atoms with E-state index >= 15 is 0 Å². The van der Waals surface area contributed by atoms with Gasteiger partial charge in [-0.25, -0.2) is 4.39 Å². The topological polar surface area (TPSA) is 29.3 Å². The van der Waals surface area contributed by atoms with Crippen molar-refractivity contribution in [3.8, 4) is 0 Å². The van der Waals surface area contributed by atoms with Crippen LogP contribution in [0.2, 0.25) is 0 Å². The van der Waals surface area contributed by atoms with Crippen LogP contribution in [0.15, 0.2) is 18.2 Å². The Morgan fingerprint density at radius 1 is 1.29 bits per heavy atom. The summed E-state index contributed by atoms with van der Waals surface area (Å²) in [4.78, 5) is 2.25. The lowest BCUT2D eigenvalue weighted by Crippen LogP contribution is -2.28. The predicted molar refractivity (Wildman–Crippen MR) is 88.2 cm³/mol. The smallest absolute Gasteiger partial charge is 0.146 e. The molecular weight excluding hydrogens is 263 g/mol. The van der Waals surface area contributed by atoms with E-state index in [1.54, 1.807) is 6.07 Å². The molecule has 1 heterocycles. The summed E-state index contributed by atoms with van der Waals surface area (Å²) in [5.41, 5.74) is 7.96. The third kappa shape index (κ3) is 4.19. The number of benzene rings is 1. The minimum Gasteiger partial charge on any atom is -0.369 e. The van der Waals surface area contributed by atoms with Crippen molar-refractivity contribution in [2.75, 3.05) is 18.0 Å². The van der Waals surface area contributed by atoms with Crippen LogP contribution in [-0.2, 0) is 6.42 Å². The second kappa shape index (κ2) is 7.79. The summed E-state index contributed by atoms with van der Waals surface area (Å²) in [6.45, 7) is 6.27. The van der Waals surface area contributed by atoms with Gasteiger partial charge in [0.25, 0.3) is 0 Å². The van der Waals surface area contributed by atoms with E-state index in [1.165, 1.54) is 19.3 Å². The number of nitrogens with zero attached hydrogens (tertiary/aromatic N) is 1. The highest BCUT2D eigenvalue weighted by Gasteiger charge is 2.21. The molecule has 0 aliphatic carbocycles. The zero-order valence-corrected chi connectivity index (χ0v) is 13.4. The minimum atomic E-state index is -0.0919. The van der Waals surface area contributed by atoms with E-state index in [0.717, 1.165) is 49.5 Å². The fourth-order valence-corrected chi connectivity index (χ4v) is 3.30. The molecule has 21 heavy (non-hydrogen) atoms. The van der Waals surface area contributed by atoms with Crippen molar-refractivity contribution < 1.29 is 4.39 Å². The fourth-order valence-electron chi connectivity index (χ4n) is 3.30. The second-order valence-electron chi connectivity index (χ2n) is 6.31. The van der Waals surface area contributed by atoms with Crippen LogP contribution < -0.4 is 10.6 Å². The Labute approximate surface area is 128 Å². The molecule has 2 rings (SSSR count). The van der Waals surface area contributed by atoms with E-state index in [2.05, 4.69) is 18.7 Å². The summed E-state index contributed by atoms with van der Waals surface area (Å²) in [6, 6.07) is 5.54. The molecule has 2 unspecified atom stereocenters. The Morgan fingerprint density at radius 3 is 2.81 bits per heavy atom. The van der Waals surface area contributed by atoms with Gasteiger partial charge in [-0.3, -0.25) is 0 Å². The zero-order valence-electron chi connectivity index (χ0n) is 13.4. The Bertz CT molecular complexity index is 447. The first-order chi connectivity index (χ1) is 10.2. The van der Waals surface area contributed by atoms with E-state index < -0.39 is 0 Å². The molecule has 0 saturated carbocycles. The molecule has 1 aromatic carbocycles. The fraction of sp³-hybridized carbons (Fsp3) is 0.667. The first-order valence-corrected chi connectivity index (χ1v) is 8.43. The van der Waals surface area contributed by atoms with Gasteiger partial charge >= 0.3 is 0 Å². The molecule has 1 aromatic rings. The molecule has 1 saturated heterocycles. The van der Waals surface area contributed by atoms with Crippen LogP contribution in [0.25, 0.3) is 0 Å². The van der Waals surface area contributed by atoms with Crippen molar-refractivity contribution in [1.29, 1.82) is 0 Å². The average molecular weight is 292 g/mol. The first kappa shape index (κ1) is 16.3. The van der Waals surface area contributed by atoms with Gasteiger partial charge in [-0.2, -0.15) is 0 Å². The highest BCUT2D eigenvalue weighted by molar-refractivity contribution is 5.55. The molecule has 0 bridgehead atoms. The Balaban J connectivity index is 2.21. The van der Waals surface area contributed by atoms with Crippen LogP contribution in [0.5, 0.6) is 0 Å². The Morgan fingerprint density at radius 2 is 2.10 bits per heavy atom. The van der Waals surface area contributed by atoms with Gasteiger partial charge in [-0.1, -0.05) is 32.4 Å².